The molecule has 0 saturated heterocycles. The molecule has 0 nitrogen and oxygen atoms in total. The highest BCUT2D eigenvalue weighted by Crippen LogP contribution is 1.97. The molecule has 0 N–H and O–H groups in total. The molecule has 0 aromatic rings. The highest BCUT2D eigenvalue weighted by molar-refractivity contribution is 5.12. The van der Waals surface area contributed by atoms with Crippen molar-refractivity contribution in [1.82, 2.24) is 0 Å². The lowest BCUT2D eigenvalue weighted by molar-refractivity contribution is 1.05. The summed E-state index contributed by atoms with van der Waals surface area (Å²) in [5.74, 6) is 0. The predicted octanol–water partition coefficient (Wildman–Crippen LogP) is 3.60. The fourth-order valence-corrected chi connectivity index (χ4v) is 0.999. The number of rotatable bonds is 0. The van der Waals surface area contributed by atoms with Gasteiger partial charge in [0.2, 0.25) is 0 Å². The van der Waals surface area contributed by atoms with Gasteiger partial charge in [0.25, 0.3) is 0 Å². The first-order valence-electron chi connectivity index (χ1n) is 4.47. The Kier molecular flexibility index (Phi) is 5.02. The maximum Gasteiger partial charge on any atom is 0.00442 e. The van der Waals surface area contributed by atoms with Gasteiger partial charge in [-0.1, -0.05) is 48.6 Å². The summed E-state index contributed by atoms with van der Waals surface area (Å²) in [5.41, 5.74) is 0. The van der Waals surface area contributed by atoms with Crippen LogP contribution in [0, 0.1) is 6.42 Å². The summed E-state index contributed by atoms with van der Waals surface area (Å²) < 4.78 is 0. The molecule has 0 aliphatic heterocycles. The number of allylic oxidation sites excluding steroid dienone is 8. The average Bonchev–Trinajstić information content (AvgIpc) is 2.05. The molecule has 0 fully saturated rings. The Balaban J connectivity index is 2.41. The first kappa shape index (κ1) is 9.05. The van der Waals surface area contributed by atoms with Gasteiger partial charge < -0.3 is 0 Å². The lowest BCUT2D eigenvalue weighted by Crippen LogP contribution is -1.68. The first-order chi connectivity index (χ1) is 6.00. The SMILES string of the molecule is [CH]1/C=C/C/C=C\C=C\CC/C=C/1. The molecule has 0 heterocycles. The highest BCUT2D eigenvalue weighted by Gasteiger charge is 1.78. The van der Waals surface area contributed by atoms with Crippen molar-refractivity contribution in [3.63, 3.8) is 0 Å². The fraction of sp³-hybridized carbons (Fsp3) is 0.250. The molecule has 0 aromatic carbocycles. The van der Waals surface area contributed by atoms with Crippen molar-refractivity contribution in [2.24, 2.45) is 0 Å². The van der Waals surface area contributed by atoms with Crippen LogP contribution in [0.25, 0.3) is 0 Å². The molecule has 0 spiro atoms. The smallest absolute Gasteiger partial charge is 0.00442 e. The Morgan fingerprint density at radius 2 is 1.17 bits per heavy atom. The fourth-order valence-electron chi connectivity index (χ4n) is 0.999. The third kappa shape index (κ3) is 4.73. The van der Waals surface area contributed by atoms with E-state index >= 15 is 0 Å². The van der Waals surface area contributed by atoms with Gasteiger partial charge in [-0.3, -0.25) is 0 Å². The van der Waals surface area contributed by atoms with Crippen LogP contribution in [0.15, 0.2) is 48.6 Å². The summed E-state index contributed by atoms with van der Waals surface area (Å²) in [6.07, 6.45) is 22.5. The maximum atomic E-state index is 2.20. The van der Waals surface area contributed by atoms with Gasteiger partial charge >= 0.3 is 0 Å². The van der Waals surface area contributed by atoms with Gasteiger partial charge in [-0.15, -0.1) is 0 Å². The molecule has 0 atom stereocenters. The number of hydrogen-bond donors (Lipinski definition) is 0. The van der Waals surface area contributed by atoms with Gasteiger partial charge in [-0.2, -0.15) is 0 Å². The van der Waals surface area contributed by atoms with Crippen molar-refractivity contribution in [2.75, 3.05) is 0 Å². The minimum absolute atomic E-state index is 1.02. The van der Waals surface area contributed by atoms with Gasteiger partial charge in [0, 0.05) is 6.42 Å². The Morgan fingerprint density at radius 1 is 0.583 bits per heavy atom. The van der Waals surface area contributed by atoms with E-state index in [1.54, 1.807) is 0 Å². The lowest BCUT2D eigenvalue weighted by Gasteiger charge is -1.87. The molecule has 0 unspecified atom stereocenters. The molecule has 0 aromatic heterocycles. The largest absolute Gasteiger partial charge is 0.0876 e. The van der Waals surface area contributed by atoms with Crippen LogP contribution in [0.2, 0.25) is 0 Å². The van der Waals surface area contributed by atoms with E-state index in [4.69, 9.17) is 0 Å². The van der Waals surface area contributed by atoms with Gasteiger partial charge in [0.15, 0.2) is 0 Å². The van der Waals surface area contributed by atoms with Gasteiger partial charge in [0.05, 0.1) is 0 Å². The zero-order valence-corrected chi connectivity index (χ0v) is 7.32. The molecule has 1 aliphatic carbocycles. The Labute approximate surface area is 75.0 Å². The van der Waals surface area contributed by atoms with Crippen LogP contribution in [0.5, 0.6) is 0 Å². The third-order valence-electron chi connectivity index (χ3n) is 1.65. The van der Waals surface area contributed by atoms with E-state index in [9.17, 15) is 0 Å². The van der Waals surface area contributed by atoms with Crippen molar-refractivity contribution in [3.05, 3.63) is 55.0 Å². The summed E-state index contributed by atoms with van der Waals surface area (Å²) in [6, 6.07) is 0. The molecular weight excluding hydrogens is 144 g/mol. The molecule has 0 bridgehead atoms. The van der Waals surface area contributed by atoms with Crippen LogP contribution in [-0.4, -0.2) is 0 Å². The van der Waals surface area contributed by atoms with Crippen LogP contribution < -0.4 is 0 Å². The minimum Gasteiger partial charge on any atom is -0.0876 e. The summed E-state index contributed by atoms with van der Waals surface area (Å²) >= 11 is 0. The van der Waals surface area contributed by atoms with Gasteiger partial charge in [-0.25, -0.2) is 0 Å². The molecule has 0 amide bonds. The maximum absolute atomic E-state index is 2.20. The van der Waals surface area contributed by atoms with Crippen LogP contribution >= 0.6 is 0 Å². The van der Waals surface area contributed by atoms with Gasteiger partial charge in [-0.05, 0) is 19.3 Å². The van der Waals surface area contributed by atoms with Crippen LogP contribution in [0.3, 0.4) is 0 Å². The standard InChI is InChI=1S/C12H15/c1-2-4-6-8-10-12-11-9-7-5-3-1/h1-5,8,10-12H,6-7,9H2/b4-2+,5-3+,10-8-,12-11+. The topological polar surface area (TPSA) is 0 Å². The molecule has 12 heavy (non-hydrogen) atoms. The zero-order valence-electron chi connectivity index (χ0n) is 7.32. The summed E-state index contributed by atoms with van der Waals surface area (Å²) in [6.45, 7) is 0. The van der Waals surface area contributed by atoms with Crippen molar-refractivity contribution in [3.8, 4) is 0 Å². The molecule has 1 radical (unpaired) electrons. The predicted molar refractivity (Wildman–Crippen MR) is 54.7 cm³/mol. The number of hydrogen-bond acceptors (Lipinski definition) is 0. The summed E-state index contributed by atoms with van der Waals surface area (Å²) in [4.78, 5) is 0. The van der Waals surface area contributed by atoms with Gasteiger partial charge in [0.1, 0.15) is 0 Å². The first-order valence-corrected chi connectivity index (χ1v) is 4.47. The van der Waals surface area contributed by atoms with Crippen molar-refractivity contribution >= 4 is 0 Å². The van der Waals surface area contributed by atoms with E-state index in [0.717, 1.165) is 19.3 Å². The highest BCUT2D eigenvalue weighted by atomic mass is 13.8. The van der Waals surface area contributed by atoms with E-state index in [2.05, 4.69) is 55.0 Å². The normalized spacial score (nSPS) is 29.3. The Hall–Kier alpha value is -1.04. The Morgan fingerprint density at radius 3 is 2.08 bits per heavy atom. The van der Waals surface area contributed by atoms with Crippen molar-refractivity contribution in [1.29, 1.82) is 0 Å². The molecular formula is C12H15. The molecule has 1 aliphatic rings. The quantitative estimate of drug-likeness (QED) is 0.506. The van der Waals surface area contributed by atoms with Crippen LogP contribution in [0.1, 0.15) is 19.3 Å². The van der Waals surface area contributed by atoms with Crippen molar-refractivity contribution in [2.45, 2.75) is 19.3 Å². The summed E-state index contributed by atoms with van der Waals surface area (Å²) in [7, 11) is 0. The van der Waals surface area contributed by atoms with E-state index in [-0.39, 0.29) is 0 Å². The molecule has 63 valence electrons. The average molecular weight is 159 g/mol. The van der Waals surface area contributed by atoms with E-state index in [1.807, 2.05) is 0 Å². The monoisotopic (exact) mass is 159 g/mol. The van der Waals surface area contributed by atoms with E-state index < -0.39 is 0 Å². The second-order valence-electron chi connectivity index (χ2n) is 2.72. The second kappa shape index (κ2) is 6.66. The molecule has 1 rings (SSSR count). The minimum atomic E-state index is 1.02. The summed E-state index contributed by atoms with van der Waals surface area (Å²) in [5, 5.41) is 0. The Bertz CT molecular complexity index is 204. The van der Waals surface area contributed by atoms with Crippen LogP contribution in [0.4, 0.5) is 0 Å². The zero-order chi connectivity index (χ0) is 8.49. The van der Waals surface area contributed by atoms with Crippen molar-refractivity contribution < 1.29 is 0 Å². The lowest BCUT2D eigenvalue weighted by atomic mass is 10.2. The van der Waals surface area contributed by atoms with E-state index in [1.165, 1.54) is 0 Å². The molecule has 0 heteroatoms. The second-order valence-corrected chi connectivity index (χ2v) is 2.72. The third-order valence-corrected chi connectivity index (χ3v) is 1.65. The van der Waals surface area contributed by atoms with E-state index in [0.29, 0.717) is 0 Å². The van der Waals surface area contributed by atoms with Crippen LogP contribution in [-0.2, 0) is 0 Å². The molecule has 0 saturated carbocycles.